The van der Waals surface area contributed by atoms with Crippen LogP contribution in [0.25, 0.3) is 21.9 Å². The zero-order valence-corrected chi connectivity index (χ0v) is 12.7. The van der Waals surface area contributed by atoms with Gasteiger partial charge in [0.1, 0.15) is 11.2 Å². The third-order valence-corrected chi connectivity index (χ3v) is 4.35. The molecule has 0 atom stereocenters. The SMILES string of the molecule is C[N+]1=C=[N+](c2ccc3c(c2)oc2ccccc23)c2ccccc21. The van der Waals surface area contributed by atoms with Crippen LogP contribution in [0, 0.1) is 0 Å². The molecule has 0 unspecified atom stereocenters. The van der Waals surface area contributed by atoms with Crippen LogP contribution in [0.1, 0.15) is 0 Å². The van der Waals surface area contributed by atoms with Crippen molar-refractivity contribution in [2.75, 3.05) is 7.05 Å². The lowest BCUT2D eigenvalue weighted by Gasteiger charge is -1.94. The van der Waals surface area contributed by atoms with E-state index >= 15 is 0 Å². The van der Waals surface area contributed by atoms with Crippen molar-refractivity contribution in [3.8, 4) is 0 Å². The van der Waals surface area contributed by atoms with Crippen molar-refractivity contribution in [3.05, 3.63) is 66.7 Å². The van der Waals surface area contributed by atoms with Crippen molar-refractivity contribution in [3.63, 3.8) is 0 Å². The first-order valence-corrected chi connectivity index (χ1v) is 7.62. The van der Waals surface area contributed by atoms with E-state index in [0.717, 1.165) is 39.0 Å². The van der Waals surface area contributed by atoms with Gasteiger partial charge in [-0.1, -0.05) is 34.9 Å². The van der Waals surface area contributed by atoms with E-state index in [1.165, 1.54) is 0 Å². The molecule has 3 aromatic carbocycles. The van der Waals surface area contributed by atoms with E-state index in [-0.39, 0.29) is 0 Å². The van der Waals surface area contributed by atoms with E-state index in [9.17, 15) is 0 Å². The summed E-state index contributed by atoms with van der Waals surface area (Å²) >= 11 is 0. The molecule has 0 radical (unpaired) electrons. The Morgan fingerprint density at radius 1 is 0.783 bits per heavy atom. The van der Waals surface area contributed by atoms with Gasteiger partial charge >= 0.3 is 6.01 Å². The molecule has 3 heteroatoms. The molecule has 108 valence electrons. The normalized spacial score (nSPS) is 13.3. The van der Waals surface area contributed by atoms with Crippen molar-refractivity contribution in [2.45, 2.75) is 0 Å². The van der Waals surface area contributed by atoms with Crippen molar-refractivity contribution in [2.24, 2.45) is 0 Å². The molecule has 0 amide bonds. The largest absolute Gasteiger partial charge is 0.496 e. The van der Waals surface area contributed by atoms with Gasteiger partial charge in [-0.25, -0.2) is 0 Å². The fraction of sp³-hybridized carbons (Fsp3) is 0.0500. The quantitative estimate of drug-likeness (QED) is 0.458. The van der Waals surface area contributed by atoms with Crippen LogP contribution < -0.4 is 4.58 Å². The minimum absolute atomic E-state index is 0.900. The Morgan fingerprint density at radius 3 is 2.43 bits per heavy atom. The second-order valence-electron chi connectivity index (χ2n) is 5.76. The molecule has 0 spiro atoms. The van der Waals surface area contributed by atoms with Crippen molar-refractivity contribution >= 4 is 45.0 Å². The summed E-state index contributed by atoms with van der Waals surface area (Å²) in [6.07, 6.45) is 0. The topological polar surface area (TPSA) is 19.2 Å². The molecule has 3 nitrogen and oxygen atoms in total. The molecule has 5 rings (SSSR count). The van der Waals surface area contributed by atoms with Crippen molar-refractivity contribution in [1.29, 1.82) is 0 Å². The van der Waals surface area contributed by atoms with E-state index in [0.29, 0.717) is 0 Å². The fourth-order valence-electron chi connectivity index (χ4n) is 3.25. The van der Waals surface area contributed by atoms with Crippen LogP contribution in [0.3, 0.4) is 0 Å². The van der Waals surface area contributed by atoms with E-state index in [1.54, 1.807) is 0 Å². The van der Waals surface area contributed by atoms with Crippen LogP contribution in [0.15, 0.2) is 71.1 Å². The zero-order chi connectivity index (χ0) is 15.4. The fourth-order valence-corrected chi connectivity index (χ4v) is 3.25. The van der Waals surface area contributed by atoms with Gasteiger partial charge in [-0.05, 0) is 16.7 Å². The summed E-state index contributed by atoms with van der Waals surface area (Å²) in [6.45, 7) is 0. The number of furan rings is 1. The smallest absolute Gasteiger partial charge is 0.456 e. The molecule has 0 saturated carbocycles. The summed E-state index contributed by atoms with van der Waals surface area (Å²) in [5, 5.41) is 2.30. The molecule has 0 N–H and O–H groups in total. The van der Waals surface area contributed by atoms with Gasteiger partial charge in [-0.3, -0.25) is 0 Å². The minimum atomic E-state index is 0.900. The van der Waals surface area contributed by atoms with Gasteiger partial charge in [-0.2, -0.15) is 0 Å². The lowest BCUT2D eigenvalue weighted by molar-refractivity contribution is -0.394. The highest BCUT2D eigenvalue weighted by atomic mass is 16.3. The van der Waals surface area contributed by atoms with Gasteiger partial charge in [0.15, 0.2) is 7.05 Å². The van der Waals surface area contributed by atoms with Gasteiger partial charge in [0.25, 0.3) is 11.4 Å². The molecular weight excluding hydrogens is 284 g/mol. The lowest BCUT2D eigenvalue weighted by Crippen LogP contribution is -1.98. The molecule has 2 heterocycles. The van der Waals surface area contributed by atoms with Crippen LogP contribution in [0.2, 0.25) is 0 Å². The number of benzene rings is 3. The zero-order valence-electron chi connectivity index (χ0n) is 12.7. The van der Waals surface area contributed by atoms with Gasteiger partial charge in [0.05, 0.1) is 6.07 Å². The van der Waals surface area contributed by atoms with Gasteiger partial charge < -0.3 is 4.42 Å². The van der Waals surface area contributed by atoms with Crippen LogP contribution in [-0.4, -0.2) is 17.6 Å². The first kappa shape index (κ1) is 12.4. The molecule has 0 bridgehead atoms. The van der Waals surface area contributed by atoms with Crippen molar-refractivity contribution in [1.82, 2.24) is 4.58 Å². The second-order valence-corrected chi connectivity index (χ2v) is 5.76. The third-order valence-electron chi connectivity index (χ3n) is 4.35. The molecule has 4 aromatic rings. The number of fused-ring (bicyclic) bond motifs is 4. The summed E-state index contributed by atoms with van der Waals surface area (Å²) in [5.74, 6) is 0. The molecular formula is C20H14N2O+2. The number of hydrogen-bond donors (Lipinski definition) is 0. The molecule has 1 aromatic heterocycles. The van der Waals surface area contributed by atoms with E-state index < -0.39 is 0 Å². The van der Waals surface area contributed by atoms with E-state index in [4.69, 9.17) is 4.42 Å². The van der Waals surface area contributed by atoms with Crippen LogP contribution in [-0.2, 0) is 0 Å². The van der Waals surface area contributed by atoms with Crippen LogP contribution in [0.5, 0.6) is 0 Å². The maximum atomic E-state index is 6.00. The minimum Gasteiger partial charge on any atom is -0.456 e. The predicted octanol–water partition coefficient (Wildman–Crippen LogP) is 4.88. The molecule has 23 heavy (non-hydrogen) atoms. The number of rotatable bonds is 1. The standard InChI is InChI=1S/C20H14N2O/c1-21-13-22(18-8-4-3-7-17(18)21)14-10-11-16-15-6-2-5-9-19(15)23-20(16)12-14/h2-12H,1H3/q+2. The van der Waals surface area contributed by atoms with Crippen LogP contribution >= 0.6 is 0 Å². The summed E-state index contributed by atoms with van der Waals surface area (Å²) in [6, 6.07) is 26.1. The van der Waals surface area contributed by atoms with E-state index in [1.807, 2.05) is 42.0 Å². The molecule has 0 aliphatic carbocycles. The first-order valence-electron chi connectivity index (χ1n) is 7.62. The summed E-state index contributed by atoms with van der Waals surface area (Å²) in [4.78, 5) is 0. The second kappa shape index (κ2) is 4.42. The highest BCUT2D eigenvalue weighted by Gasteiger charge is 2.32. The van der Waals surface area contributed by atoms with Gasteiger partial charge in [0, 0.05) is 29.0 Å². The average molecular weight is 298 g/mol. The molecule has 0 saturated heterocycles. The summed E-state index contributed by atoms with van der Waals surface area (Å²) in [5.41, 5.74) is 5.15. The highest BCUT2D eigenvalue weighted by molar-refractivity contribution is 6.05. The molecule has 0 fully saturated rings. The molecule has 1 aliphatic rings. The average Bonchev–Trinajstić information content (AvgIpc) is 3.13. The lowest BCUT2D eigenvalue weighted by atomic mass is 10.1. The van der Waals surface area contributed by atoms with Crippen molar-refractivity contribution < 1.29 is 8.99 Å². The van der Waals surface area contributed by atoms with E-state index in [2.05, 4.69) is 47.0 Å². The third kappa shape index (κ3) is 1.71. The maximum Gasteiger partial charge on any atom is 0.496 e. The van der Waals surface area contributed by atoms with Crippen LogP contribution in [0.4, 0.5) is 17.1 Å². The monoisotopic (exact) mass is 298 g/mol. The maximum absolute atomic E-state index is 6.00. The number of para-hydroxylation sites is 3. The van der Waals surface area contributed by atoms with Gasteiger partial charge in [-0.15, -0.1) is 0 Å². The Balaban J connectivity index is 1.76. The summed E-state index contributed by atoms with van der Waals surface area (Å²) in [7, 11) is 2.01. The first-order chi connectivity index (χ1) is 11.3. The highest BCUT2D eigenvalue weighted by Crippen LogP contribution is 2.35. The van der Waals surface area contributed by atoms with Gasteiger partial charge in [0.2, 0.25) is 5.69 Å². The summed E-state index contributed by atoms with van der Waals surface area (Å²) < 4.78 is 10.1. The Bertz CT molecular complexity index is 1160. The Labute approximate surface area is 133 Å². The Kier molecular flexibility index (Phi) is 2.38. The molecule has 1 aliphatic heterocycles. The Morgan fingerprint density at radius 2 is 1.52 bits per heavy atom. The number of hydrogen-bond acceptors (Lipinski definition) is 1. The number of nitrogens with zero attached hydrogens (tertiary/aromatic N) is 2. The Hall–Kier alpha value is -3.16. The predicted molar refractivity (Wildman–Crippen MR) is 92.5 cm³/mol.